The van der Waals surface area contributed by atoms with Gasteiger partial charge in [0.2, 0.25) is 5.95 Å². The molecule has 0 atom stereocenters. The second-order valence-electron chi connectivity index (χ2n) is 5.84. The number of hydrogen-bond donors (Lipinski definition) is 1. The minimum Gasteiger partial charge on any atom is -0.357 e. The van der Waals surface area contributed by atoms with Crippen molar-refractivity contribution < 1.29 is 0 Å². The average molecular weight is 292 g/mol. The molecule has 2 heterocycles. The molecule has 0 aliphatic carbocycles. The predicted octanol–water partition coefficient (Wildman–Crippen LogP) is 3.91. The first-order valence-electron chi connectivity index (χ1n) is 7.15. The third-order valence-electron chi connectivity index (χ3n) is 3.18. The molecule has 110 valence electrons. The van der Waals surface area contributed by atoms with Gasteiger partial charge in [-0.15, -0.1) is 11.3 Å². The van der Waals surface area contributed by atoms with Gasteiger partial charge in [0.15, 0.2) is 0 Å². The molecule has 0 saturated heterocycles. The Morgan fingerprint density at radius 2 is 1.95 bits per heavy atom. The Balaban J connectivity index is 2.59. The average Bonchev–Trinajstić information content (AvgIpc) is 2.74. The van der Waals surface area contributed by atoms with Gasteiger partial charge < -0.3 is 10.2 Å². The van der Waals surface area contributed by atoms with E-state index in [1.165, 1.54) is 10.3 Å². The molecule has 0 saturated carbocycles. The summed E-state index contributed by atoms with van der Waals surface area (Å²) in [6.07, 6.45) is 0. The SMILES string of the molecule is CNc1nc(N(CC(C)C)C(C)C)c2cc(C)sc2n1. The molecule has 0 aliphatic heterocycles. The largest absolute Gasteiger partial charge is 0.357 e. The quantitative estimate of drug-likeness (QED) is 0.907. The van der Waals surface area contributed by atoms with E-state index in [9.17, 15) is 0 Å². The zero-order valence-corrected chi connectivity index (χ0v) is 14.0. The van der Waals surface area contributed by atoms with E-state index in [2.05, 4.69) is 55.9 Å². The summed E-state index contributed by atoms with van der Waals surface area (Å²) in [5, 5.41) is 4.24. The summed E-state index contributed by atoms with van der Waals surface area (Å²) < 4.78 is 0. The summed E-state index contributed by atoms with van der Waals surface area (Å²) in [4.78, 5) is 14.0. The summed E-state index contributed by atoms with van der Waals surface area (Å²) in [7, 11) is 1.87. The van der Waals surface area contributed by atoms with Gasteiger partial charge in [0.05, 0.1) is 5.39 Å². The minimum absolute atomic E-state index is 0.417. The second kappa shape index (κ2) is 5.95. The second-order valence-corrected chi connectivity index (χ2v) is 7.07. The Labute approximate surface area is 125 Å². The van der Waals surface area contributed by atoms with Crippen LogP contribution in [0.25, 0.3) is 10.2 Å². The van der Waals surface area contributed by atoms with Crippen LogP contribution >= 0.6 is 11.3 Å². The molecule has 2 rings (SSSR count). The summed E-state index contributed by atoms with van der Waals surface area (Å²) in [6, 6.07) is 2.62. The molecule has 0 bridgehead atoms. The Morgan fingerprint density at radius 1 is 1.25 bits per heavy atom. The van der Waals surface area contributed by atoms with Gasteiger partial charge in [0.25, 0.3) is 0 Å². The van der Waals surface area contributed by atoms with E-state index in [0.717, 1.165) is 17.2 Å². The number of thiophene rings is 1. The molecule has 2 aromatic rings. The van der Waals surface area contributed by atoms with Gasteiger partial charge in [0, 0.05) is 24.5 Å². The highest BCUT2D eigenvalue weighted by molar-refractivity contribution is 7.18. The molecule has 2 aromatic heterocycles. The molecule has 0 amide bonds. The van der Waals surface area contributed by atoms with Crippen molar-refractivity contribution in [1.82, 2.24) is 9.97 Å². The molecule has 0 aromatic carbocycles. The third kappa shape index (κ3) is 3.03. The topological polar surface area (TPSA) is 41.1 Å². The molecule has 5 heteroatoms. The van der Waals surface area contributed by atoms with Crippen LogP contribution in [0.1, 0.15) is 32.6 Å². The van der Waals surface area contributed by atoms with Crippen LogP contribution in [0.5, 0.6) is 0 Å². The first-order chi connectivity index (χ1) is 9.42. The van der Waals surface area contributed by atoms with Gasteiger partial charge in [-0.1, -0.05) is 13.8 Å². The standard InChI is InChI=1S/C15H24N4S/c1-9(2)8-19(10(3)4)13-12-7-11(5)20-14(12)18-15(16-6)17-13/h7,9-10H,8H2,1-6H3,(H,16,17,18). The van der Waals surface area contributed by atoms with Crippen LogP contribution < -0.4 is 10.2 Å². The number of hydrogen-bond acceptors (Lipinski definition) is 5. The van der Waals surface area contributed by atoms with Crippen LogP contribution in [-0.4, -0.2) is 29.6 Å². The van der Waals surface area contributed by atoms with Crippen molar-refractivity contribution >= 4 is 33.3 Å². The van der Waals surface area contributed by atoms with Gasteiger partial charge in [-0.2, -0.15) is 4.98 Å². The Kier molecular flexibility index (Phi) is 4.48. The van der Waals surface area contributed by atoms with Crippen molar-refractivity contribution in [3.05, 3.63) is 10.9 Å². The predicted molar refractivity (Wildman–Crippen MR) is 89.0 cm³/mol. The minimum atomic E-state index is 0.417. The molecule has 0 aliphatic rings. The zero-order chi connectivity index (χ0) is 14.9. The number of aryl methyl sites for hydroxylation is 1. The lowest BCUT2D eigenvalue weighted by Gasteiger charge is -2.30. The number of nitrogens with zero attached hydrogens (tertiary/aromatic N) is 3. The van der Waals surface area contributed by atoms with Gasteiger partial charge in [-0.3, -0.25) is 0 Å². The van der Waals surface area contributed by atoms with Crippen molar-refractivity contribution in [2.24, 2.45) is 5.92 Å². The lowest BCUT2D eigenvalue weighted by atomic mass is 10.1. The van der Waals surface area contributed by atoms with Crippen molar-refractivity contribution in [2.75, 3.05) is 23.8 Å². The van der Waals surface area contributed by atoms with Gasteiger partial charge in [0.1, 0.15) is 10.6 Å². The number of anilines is 2. The van der Waals surface area contributed by atoms with E-state index in [1.54, 1.807) is 11.3 Å². The summed E-state index contributed by atoms with van der Waals surface area (Å²) in [5.41, 5.74) is 0. The van der Waals surface area contributed by atoms with E-state index in [0.29, 0.717) is 17.9 Å². The number of nitrogens with one attached hydrogen (secondary N) is 1. The first kappa shape index (κ1) is 15.0. The van der Waals surface area contributed by atoms with Crippen molar-refractivity contribution in [2.45, 2.75) is 40.7 Å². The summed E-state index contributed by atoms with van der Waals surface area (Å²) >= 11 is 1.73. The van der Waals surface area contributed by atoms with Crippen LogP contribution in [0.2, 0.25) is 0 Å². The molecule has 4 nitrogen and oxygen atoms in total. The monoisotopic (exact) mass is 292 g/mol. The highest BCUT2D eigenvalue weighted by Crippen LogP contribution is 2.32. The molecule has 0 radical (unpaired) electrons. The summed E-state index contributed by atoms with van der Waals surface area (Å²) in [6.45, 7) is 12.0. The highest BCUT2D eigenvalue weighted by atomic mass is 32.1. The van der Waals surface area contributed by atoms with Crippen molar-refractivity contribution in [3.63, 3.8) is 0 Å². The molecular formula is C15H24N4S. The van der Waals surface area contributed by atoms with Gasteiger partial charge in [-0.05, 0) is 32.8 Å². The molecule has 1 N–H and O–H groups in total. The smallest absolute Gasteiger partial charge is 0.225 e. The normalized spacial score (nSPS) is 11.6. The van der Waals surface area contributed by atoms with Crippen LogP contribution in [0.15, 0.2) is 6.07 Å². The molecule has 0 unspecified atom stereocenters. The molecular weight excluding hydrogens is 268 g/mol. The van der Waals surface area contributed by atoms with E-state index >= 15 is 0 Å². The number of rotatable bonds is 5. The Bertz CT molecular complexity index is 589. The Morgan fingerprint density at radius 3 is 2.50 bits per heavy atom. The number of aromatic nitrogens is 2. The fourth-order valence-electron chi connectivity index (χ4n) is 2.29. The molecule has 20 heavy (non-hydrogen) atoms. The van der Waals surface area contributed by atoms with Crippen LogP contribution in [-0.2, 0) is 0 Å². The van der Waals surface area contributed by atoms with Crippen molar-refractivity contribution in [1.29, 1.82) is 0 Å². The fourth-order valence-corrected chi connectivity index (χ4v) is 3.17. The fraction of sp³-hybridized carbons (Fsp3) is 0.600. The van der Waals surface area contributed by atoms with Gasteiger partial charge in [-0.25, -0.2) is 4.98 Å². The third-order valence-corrected chi connectivity index (χ3v) is 4.12. The highest BCUT2D eigenvalue weighted by Gasteiger charge is 2.19. The zero-order valence-electron chi connectivity index (χ0n) is 13.2. The molecule has 0 spiro atoms. The summed E-state index contributed by atoms with van der Waals surface area (Å²) in [5.74, 6) is 2.34. The Hall–Kier alpha value is -1.36. The lowest BCUT2D eigenvalue weighted by molar-refractivity contribution is 0.567. The molecule has 0 fully saturated rings. The van der Waals surface area contributed by atoms with Gasteiger partial charge >= 0.3 is 0 Å². The lowest BCUT2D eigenvalue weighted by Crippen LogP contribution is -2.35. The van der Waals surface area contributed by atoms with E-state index in [-0.39, 0.29) is 0 Å². The van der Waals surface area contributed by atoms with Crippen molar-refractivity contribution in [3.8, 4) is 0 Å². The van der Waals surface area contributed by atoms with Crippen LogP contribution in [0.4, 0.5) is 11.8 Å². The first-order valence-corrected chi connectivity index (χ1v) is 7.96. The maximum Gasteiger partial charge on any atom is 0.225 e. The van der Waals surface area contributed by atoms with Crippen LogP contribution in [0, 0.1) is 12.8 Å². The maximum absolute atomic E-state index is 4.72. The number of fused-ring (bicyclic) bond motifs is 1. The van der Waals surface area contributed by atoms with Crippen LogP contribution in [0.3, 0.4) is 0 Å². The van der Waals surface area contributed by atoms with E-state index < -0.39 is 0 Å². The van der Waals surface area contributed by atoms with E-state index in [4.69, 9.17) is 4.98 Å². The maximum atomic E-state index is 4.72. The van der Waals surface area contributed by atoms with E-state index in [1.807, 2.05) is 7.05 Å².